The van der Waals surface area contributed by atoms with Crippen LogP contribution >= 0.6 is 0 Å². The van der Waals surface area contributed by atoms with Crippen molar-refractivity contribution in [2.45, 2.75) is 76.3 Å². The molecule has 3 aliphatic heterocycles. The smallest absolute Gasteiger partial charge is 0.335 e. The summed E-state index contributed by atoms with van der Waals surface area (Å²) in [7, 11) is 0. The molecule has 3 fully saturated rings. The van der Waals surface area contributed by atoms with Gasteiger partial charge < -0.3 is 24.6 Å². The Labute approximate surface area is 218 Å². The molecular weight excluding hydrogens is 470 g/mol. The summed E-state index contributed by atoms with van der Waals surface area (Å²) in [6.45, 7) is 7.80. The van der Waals surface area contributed by atoms with Crippen LogP contribution in [-0.2, 0) is 9.47 Å². The van der Waals surface area contributed by atoms with E-state index in [0.717, 1.165) is 43.2 Å². The topological polar surface area (TPSA) is 96.3 Å². The first kappa shape index (κ1) is 25.9. The van der Waals surface area contributed by atoms with Gasteiger partial charge in [0, 0.05) is 18.7 Å². The molecule has 3 heterocycles. The zero-order chi connectivity index (χ0) is 26.4. The minimum absolute atomic E-state index is 0.00859. The monoisotopic (exact) mass is 507 g/mol. The van der Waals surface area contributed by atoms with Gasteiger partial charge in [0.05, 0.1) is 35.6 Å². The summed E-state index contributed by atoms with van der Waals surface area (Å²) in [5.41, 5.74) is 1.39. The Bertz CT molecular complexity index is 1160. The minimum Gasteiger partial charge on any atom is -0.478 e. The van der Waals surface area contributed by atoms with Gasteiger partial charge in [0.1, 0.15) is 0 Å². The van der Waals surface area contributed by atoms with Crippen LogP contribution in [0.2, 0.25) is 0 Å². The molecule has 0 saturated carbocycles. The number of hydrogen-bond donors (Lipinski definition) is 2. The van der Waals surface area contributed by atoms with E-state index < -0.39 is 11.6 Å². The Morgan fingerprint density at radius 3 is 2.32 bits per heavy atom. The van der Waals surface area contributed by atoms with Crippen molar-refractivity contribution in [3.63, 3.8) is 0 Å². The molecule has 7 nitrogen and oxygen atoms in total. The SMILES string of the molecule is CC(C)(O)[C@@H]1CC[C@](C)([C@H]2CC3(CCN(C(=O)c4ccc(-c5cccc(C(=O)O)c5)cc4)CC3)CO2)O1. The molecule has 1 spiro atoms. The molecule has 0 unspecified atom stereocenters. The lowest BCUT2D eigenvalue weighted by Gasteiger charge is -2.39. The van der Waals surface area contributed by atoms with Crippen LogP contribution in [0.4, 0.5) is 0 Å². The molecule has 0 aliphatic carbocycles. The standard InChI is InChI=1S/C30H37NO6/c1-28(2,35)24-11-12-29(3,37-24)25-18-30(19-36-25)13-15-31(16-14-30)26(32)21-9-7-20(8-10-21)22-5-4-6-23(17-22)27(33)34/h4-10,17,24-25,35H,11-16,18-19H2,1-3H3,(H,33,34)/t24-,25+,29+/m0/s1. The Kier molecular flexibility index (Phi) is 6.67. The number of hydrogen-bond acceptors (Lipinski definition) is 5. The summed E-state index contributed by atoms with van der Waals surface area (Å²) in [6, 6.07) is 14.2. The number of benzene rings is 2. The summed E-state index contributed by atoms with van der Waals surface area (Å²) in [6.07, 6.45) is 4.27. The summed E-state index contributed by atoms with van der Waals surface area (Å²) in [5.74, 6) is -0.936. The van der Waals surface area contributed by atoms with Gasteiger partial charge in [-0.1, -0.05) is 24.3 Å². The van der Waals surface area contributed by atoms with Gasteiger partial charge in [-0.15, -0.1) is 0 Å². The molecule has 3 saturated heterocycles. The molecule has 2 aromatic rings. The van der Waals surface area contributed by atoms with Crippen molar-refractivity contribution in [1.82, 2.24) is 4.90 Å². The van der Waals surface area contributed by atoms with Gasteiger partial charge in [-0.25, -0.2) is 4.79 Å². The van der Waals surface area contributed by atoms with Crippen LogP contribution < -0.4 is 0 Å². The van der Waals surface area contributed by atoms with E-state index in [0.29, 0.717) is 25.3 Å². The van der Waals surface area contributed by atoms with Crippen LogP contribution in [0.15, 0.2) is 48.5 Å². The number of aromatic carboxylic acids is 1. The number of rotatable bonds is 5. The zero-order valence-electron chi connectivity index (χ0n) is 21.9. The molecule has 0 aromatic heterocycles. The largest absolute Gasteiger partial charge is 0.478 e. The Morgan fingerprint density at radius 1 is 1.00 bits per heavy atom. The molecule has 0 bridgehead atoms. The van der Waals surface area contributed by atoms with Crippen molar-refractivity contribution in [1.29, 1.82) is 0 Å². The third-order valence-electron chi connectivity index (χ3n) is 8.68. The minimum atomic E-state index is -0.960. The fourth-order valence-electron chi connectivity index (χ4n) is 6.13. The number of piperidine rings is 1. The third kappa shape index (κ3) is 5.17. The molecule has 3 aliphatic rings. The van der Waals surface area contributed by atoms with E-state index in [1.165, 1.54) is 0 Å². The Morgan fingerprint density at radius 2 is 1.70 bits per heavy atom. The van der Waals surface area contributed by atoms with Crippen LogP contribution in [0.1, 0.15) is 73.6 Å². The summed E-state index contributed by atoms with van der Waals surface area (Å²) < 4.78 is 12.6. The Hall–Kier alpha value is -2.74. The van der Waals surface area contributed by atoms with Gasteiger partial charge in [0.2, 0.25) is 0 Å². The second-order valence-corrected chi connectivity index (χ2v) is 11.9. The molecule has 0 radical (unpaired) electrons. The van der Waals surface area contributed by atoms with E-state index in [9.17, 15) is 19.8 Å². The number of amides is 1. The quantitative estimate of drug-likeness (QED) is 0.605. The van der Waals surface area contributed by atoms with Gasteiger partial charge in [-0.2, -0.15) is 0 Å². The molecule has 198 valence electrons. The molecule has 1 amide bonds. The van der Waals surface area contributed by atoms with E-state index >= 15 is 0 Å². The Balaban J connectivity index is 1.18. The predicted octanol–water partition coefficient (Wildman–Crippen LogP) is 4.77. The number of carbonyl (C=O) groups is 2. The fourth-order valence-corrected chi connectivity index (χ4v) is 6.13. The van der Waals surface area contributed by atoms with Crippen molar-refractivity contribution in [2.75, 3.05) is 19.7 Å². The molecule has 2 N–H and O–H groups in total. The second kappa shape index (κ2) is 9.53. The average molecular weight is 508 g/mol. The molecule has 3 atom stereocenters. The lowest BCUT2D eigenvalue weighted by molar-refractivity contribution is -0.155. The number of carboxylic acid groups (broad SMARTS) is 1. The van der Waals surface area contributed by atoms with Crippen molar-refractivity contribution >= 4 is 11.9 Å². The van der Waals surface area contributed by atoms with Crippen molar-refractivity contribution in [2.24, 2.45) is 5.41 Å². The van der Waals surface area contributed by atoms with E-state index in [4.69, 9.17) is 9.47 Å². The number of carboxylic acids is 1. The summed E-state index contributed by atoms with van der Waals surface area (Å²) in [4.78, 5) is 26.4. The van der Waals surface area contributed by atoms with Crippen LogP contribution in [-0.4, -0.2) is 70.1 Å². The number of aliphatic hydroxyl groups is 1. The molecule has 37 heavy (non-hydrogen) atoms. The van der Waals surface area contributed by atoms with Crippen LogP contribution in [0.3, 0.4) is 0 Å². The molecule has 7 heteroatoms. The van der Waals surface area contributed by atoms with Crippen LogP contribution in [0, 0.1) is 5.41 Å². The maximum atomic E-state index is 13.2. The summed E-state index contributed by atoms with van der Waals surface area (Å²) in [5, 5.41) is 19.6. The summed E-state index contributed by atoms with van der Waals surface area (Å²) >= 11 is 0. The number of carbonyl (C=O) groups excluding carboxylic acids is 1. The normalized spacial score (nSPS) is 27.5. The first-order chi connectivity index (χ1) is 17.5. The first-order valence-electron chi connectivity index (χ1n) is 13.2. The van der Waals surface area contributed by atoms with Crippen molar-refractivity contribution in [3.8, 4) is 11.1 Å². The zero-order valence-corrected chi connectivity index (χ0v) is 21.9. The number of ether oxygens (including phenoxy) is 2. The highest BCUT2D eigenvalue weighted by molar-refractivity contribution is 5.95. The van der Waals surface area contributed by atoms with Crippen LogP contribution in [0.5, 0.6) is 0 Å². The molecular formula is C30H37NO6. The van der Waals surface area contributed by atoms with Gasteiger partial charge in [-0.3, -0.25) is 4.79 Å². The molecule has 2 aromatic carbocycles. The first-order valence-corrected chi connectivity index (χ1v) is 13.2. The van der Waals surface area contributed by atoms with Crippen molar-refractivity contribution in [3.05, 3.63) is 59.7 Å². The van der Waals surface area contributed by atoms with E-state index in [2.05, 4.69) is 6.92 Å². The number of likely N-dealkylation sites (tertiary alicyclic amines) is 1. The average Bonchev–Trinajstić information content (AvgIpc) is 3.50. The third-order valence-corrected chi connectivity index (χ3v) is 8.68. The van der Waals surface area contributed by atoms with Gasteiger partial charge in [0.15, 0.2) is 0 Å². The number of nitrogens with zero attached hydrogens (tertiary/aromatic N) is 1. The second-order valence-electron chi connectivity index (χ2n) is 11.9. The lowest BCUT2D eigenvalue weighted by Crippen LogP contribution is -2.45. The lowest BCUT2D eigenvalue weighted by atomic mass is 9.74. The van der Waals surface area contributed by atoms with Gasteiger partial charge in [0.25, 0.3) is 5.91 Å². The van der Waals surface area contributed by atoms with Gasteiger partial charge in [-0.05, 0) is 93.7 Å². The highest BCUT2D eigenvalue weighted by atomic mass is 16.6. The van der Waals surface area contributed by atoms with Gasteiger partial charge >= 0.3 is 5.97 Å². The highest BCUT2D eigenvalue weighted by Crippen LogP contribution is 2.49. The van der Waals surface area contributed by atoms with E-state index in [-0.39, 0.29) is 34.7 Å². The van der Waals surface area contributed by atoms with Crippen molar-refractivity contribution < 1.29 is 29.3 Å². The van der Waals surface area contributed by atoms with Crippen LogP contribution in [0.25, 0.3) is 11.1 Å². The predicted molar refractivity (Wildman–Crippen MR) is 140 cm³/mol. The maximum absolute atomic E-state index is 13.2. The molecule has 5 rings (SSSR count). The maximum Gasteiger partial charge on any atom is 0.335 e. The highest BCUT2D eigenvalue weighted by Gasteiger charge is 2.53. The van der Waals surface area contributed by atoms with E-state index in [1.807, 2.05) is 35.2 Å². The fraction of sp³-hybridized carbons (Fsp3) is 0.533. The van der Waals surface area contributed by atoms with E-state index in [1.54, 1.807) is 32.0 Å².